The first-order chi connectivity index (χ1) is 17.0. The van der Waals surface area contributed by atoms with Crippen LogP contribution in [0.15, 0.2) is 49.2 Å². The molecular weight excluding hydrogens is 447 g/mol. The summed E-state index contributed by atoms with van der Waals surface area (Å²) in [4.78, 5) is 22.2. The molecule has 1 spiro atoms. The number of ether oxygens (including phenoxy) is 1. The van der Waals surface area contributed by atoms with E-state index in [0.717, 1.165) is 48.2 Å². The molecule has 1 amide bonds. The minimum absolute atomic E-state index is 0.0391. The van der Waals surface area contributed by atoms with Gasteiger partial charge in [0.25, 0.3) is 5.91 Å². The van der Waals surface area contributed by atoms with Crippen LogP contribution in [0, 0.1) is 12.7 Å². The number of para-hydroxylation sites is 1. The molecule has 176 valence electrons. The number of hydrogen-bond acceptors (Lipinski definition) is 5. The molecule has 2 aromatic carbocycles. The van der Waals surface area contributed by atoms with Crippen molar-refractivity contribution in [1.82, 2.24) is 24.3 Å². The third-order valence-corrected chi connectivity index (χ3v) is 7.09. The molecule has 0 bridgehead atoms. The van der Waals surface area contributed by atoms with Crippen molar-refractivity contribution in [3.8, 4) is 22.8 Å². The van der Waals surface area contributed by atoms with Crippen molar-refractivity contribution in [3.05, 3.63) is 71.8 Å². The molecule has 4 aromatic rings. The van der Waals surface area contributed by atoms with Crippen molar-refractivity contribution in [2.75, 3.05) is 5.32 Å². The van der Waals surface area contributed by atoms with E-state index in [0.29, 0.717) is 29.7 Å². The summed E-state index contributed by atoms with van der Waals surface area (Å²) in [7, 11) is 0. The number of fused-ring (bicyclic) bond motifs is 3. The second kappa shape index (κ2) is 7.24. The van der Waals surface area contributed by atoms with Crippen molar-refractivity contribution in [2.45, 2.75) is 50.7 Å². The molecule has 1 N–H and O–H groups in total. The van der Waals surface area contributed by atoms with Crippen LogP contribution in [0.4, 0.5) is 10.1 Å². The normalized spacial score (nSPS) is 17.3. The summed E-state index contributed by atoms with van der Waals surface area (Å²) in [6.45, 7) is 2.43. The minimum atomic E-state index is -0.576. The Morgan fingerprint density at radius 3 is 2.89 bits per heavy atom. The van der Waals surface area contributed by atoms with Crippen LogP contribution >= 0.6 is 0 Å². The van der Waals surface area contributed by atoms with Crippen LogP contribution in [-0.2, 0) is 6.54 Å². The predicted octanol–water partition coefficient (Wildman–Crippen LogP) is 4.63. The summed E-state index contributed by atoms with van der Waals surface area (Å²) >= 11 is 0. The average Bonchev–Trinajstić information content (AvgIpc) is 3.74. The van der Waals surface area contributed by atoms with E-state index < -0.39 is 11.7 Å². The first-order valence-electron chi connectivity index (χ1n) is 11.9. The van der Waals surface area contributed by atoms with Gasteiger partial charge in [0.1, 0.15) is 17.7 Å². The number of rotatable bonds is 4. The Bertz CT molecular complexity index is 1500. The van der Waals surface area contributed by atoms with Crippen LogP contribution < -0.4 is 10.1 Å². The van der Waals surface area contributed by atoms with Gasteiger partial charge in [-0.15, -0.1) is 0 Å². The summed E-state index contributed by atoms with van der Waals surface area (Å²) < 4.78 is 25.1. The number of carbonyl (C=O) groups excluding carboxylic acids is 1. The van der Waals surface area contributed by atoms with Crippen molar-refractivity contribution < 1.29 is 13.9 Å². The van der Waals surface area contributed by atoms with Gasteiger partial charge in [0.15, 0.2) is 11.6 Å². The minimum Gasteiger partial charge on any atom is -0.482 e. The van der Waals surface area contributed by atoms with Crippen LogP contribution in [0.25, 0.3) is 17.1 Å². The highest BCUT2D eigenvalue weighted by atomic mass is 19.1. The Hall–Kier alpha value is -4.01. The van der Waals surface area contributed by atoms with E-state index in [1.165, 1.54) is 12.4 Å². The van der Waals surface area contributed by atoms with Crippen molar-refractivity contribution in [3.63, 3.8) is 0 Å². The molecule has 0 radical (unpaired) electrons. The molecule has 0 saturated heterocycles. The van der Waals surface area contributed by atoms with Gasteiger partial charge in [-0.25, -0.2) is 19.0 Å². The molecule has 1 aliphatic heterocycles. The lowest BCUT2D eigenvalue weighted by atomic mass is 10.1. The molecule has 35 heavy (non-hydrogen) atoms. The number of halogens is 1. The molecule has 0 atom stereocenters. The zero-order valence-electron chi connectivity index (χ0n) is 19.2. The van der Waals surface area contributed by atoms with Gasteiger partial charge in [-0.3, -0.25) is 4.79 Å². The zero-order valence-corrected chi connectivity index (χ0v) is 19.2. The Kier molecular flexibility index (Phi) is 4.22. The first kappa shape index (κ1) is 20.4. The number of amides is 1. The van der Waals surface area contributed by atoms with Gasteiger partial charge in [0.05, 0.1) is 41.1 Å². The second-order valence-corrected chi connectivity index (χ2v) is 9.76. The number of benzene rings is 2. The molecule has 8 nitrogen and oxygen atoms in total. The Balaban J connectivity index is 1.25. The molecule has 3 aliphatic rings. The molecular formula is C26H23FN6O2. The molecule has 2 fully saturated rings. The molecule has 0 unspecified atom stereocenters. The number of nitrogens with one attached hydrogen (secondary N) is 1. The maximum absolute atomic E-state index is 15.0. The monoisotopic (exact) mass is 470 g/mol. The smallest absolute Gasteiger partial charge is 0.258 e. The van der Waals surface area contributed by atoms with Gasteiger partial charge < -0.3 is 14.6 Å². The third-order valence-electron chi connectivity index (χ3n) is 7.09. The van der Waals surface area contributed by atoms with E-state index in [1.54, 1.807) is 18.5 Å². The molecule has 3 heterocycles. The fraction of sp³-hybridized carbons (Fsp3) is 0.308. The predicted molar refractivity (Wildman–Crippen MR) is 126 cm³/mol. The van der Waals surface area contributed by atoms with E-state index in [4.69, 9.17) is 4.74 Å². The fourth-order valence-corrected chi connectivity index (χ4v) is 4.79. The van der Waals surface area contributed by atoms with E-state index in [2.05, 4.69) is 20.4 Å². The largest absolute Gasteiger partial charge is 0.482 e. The number of carbonyl (C=O) groups is 1. The second-order valence-electron chi connectivity index (χ2n) is 9.76. The SMILES string of the molecule is Cc1cc(F)c(C(=O)Nc2cccc3c2OC2(CC2)Cn2ncnc2-3)cc1-n1cnc(C2CC2)c1. The molecule has 2 aromatic heterocycles. The highest BCUT2D eigenvalue weighted by molar-refractivity contribution is 6.06. The fourth-order valence-electron chi connectivity index (χ4n) is 4.79. The lowest BCUT2D eigenvalue weighted by molar-refractivity contribution is 0.102. The summed E-state index contributed by atoms with van der Waals surface area (Å²) in [6.07, 6.45) is 9.32. The first-order valence-corrected chi connectivity index (χ1v) is 11.9. The third kappa shape index (κ3) is 3.41. The summed E-state index contributed by atoms with van der Waals surface area (Å²) in [5, 5.41) is 7.23. The van der Waals surface area contributed by atoms with Crippen molar-refractivity contribution >= 4 is 11.6 Å². The number of aromatic nitrogens is 5. The van der Waals surface area contributed by atoms with Gasteiger partial charge in [-0.2, -0.15) is 5.10 Å². The van der Waals surface area contributed by atoms with Crippen molar-refractivity contribution in [2.24, 2.45) is 0 Å². The Morgan fingerprint density at radius 2 is 2.09 bits per heavy atom. The highest BCUT2D eigenvalue weighted by Gasteiger charge is 2.49. The van der Waals surface area contributed by atoms with Crippen LogP contribution in [0.1, 0.15) is 53.2 Å². The van der Waals surface area contributed by atoms with E-state index >= 15 is 0 Å². The number of hydrogen-bond donors (Lipinski definition) is 1. The van der Waals surface area contributed by atoms with E-state index in [9.17, 15) is 9.18 Å². The van der Waals surface area contributed by atoms with Crippen LogP contribution in [0.3, 0.4) is 0 Å². The summed E-state index contributed by atoms with van der Waals surface area (Å²) in [5.74, 6) is 0.622. The Morgan fingerprint density at radius 1 is 1.23 bits per heavy atom. The average molecular weight is 471 g/mol. The highest BCUT2D eigenvalue weighted by Crippen LogP contribution is 2.49. The quantitative estimate of drug-likeness (QED) is 0.470. The lowest BCUT2D eigenvalue weighted by Gasteiger charge is -2.19. The van der Waals surface area contributed by atoms with E-state index in [1.807, 2.05) is 34.5 Å². The van der Waals surface area contributed by atoms with Crippen molar-refractivity contribution in [1.29, 1.82) is 0 Å². The van der Waals surface area contributed by atoms with Gasteiger partial charge in [-0.1, -0.05) is 6.07 Å². The maximum atomic E-state index is 15.0. The summed E-state index contributed by atoms with van der Waals surface area (Å²) in [5.41, 5.74) is 3.33. The zero-order chi connectivity index (χ0) is 23.7. The molecule has 9 heteroatoms. The van der Waals surface area contributed by atoms with Crippen LogP contribution in [-0.4, -0.2) is 35.8 Å². The van der Waals surface area contributed by atoms with E-state index in [-0.39, 0.29) is 11.2 Å². The molecule has 7 rings (SSSR count). The van der Waals surface area contributed by atoms with Gasteiger partial charge >= 0.3 is 0 Å². The summed E-state index contributed by atoms with van der Waals surface area (Å²) in [6, 6.07) is 8.46. The van der Waals surface area contributed by atoms with Crippen LogP contribution in [0.5, 0.6) is 5.75 Å². The number of anilines is 1. The molecule has 2 aliphatic carbocycles. The molecule has 2 saturated carbocycles. The van der Waals surface area contributed by atoms with Gasteiger partial charge in [0, 0.05) is 12.1 Å². The standard InChI is InChI=1S/C26H23FN6O2/c1-15-9-19(27)18(10-22(15)32-11-21(29-14-32)16-5-6-16)25(34)31-20-4-2-3-17-23(20)35-26(7-8-26)12-33-24(17)28-13-30-33/h2-4,9-11,13-14,16H,5-8,12H2,1H3,(H,31,34). The topological polar surface area (TPSA) is 86.9 Å². The number of aryl methyl sites for hydroxylation is 1. The number of imidazole rings is 1. The van der Waals surface area contributed by atoms with Crippen LogP contribution in [0.2, 0.25) is 0 Å². The van der Waals surface area contributed by atoms with Gasteiger partial charge in [0.2, 0.25) is 0 Å². The lowest BCUT2D eigenvalue weighted by Crippen LogP contribution is -2.24. The van der Waals surface area contributed by atoms with Gasteiger partial charge in [-0.05, 0) is 62.4 Å². The maximum Gasteiger partial charge on any atom is 0.258 e. The Labute approximate surface area is 200 Å². The number of nitrogens with zero attached hydrogens (tertiary/aromatic N) is 5.